The predicted molar refractivity (Wildman–Crippen MR) is 52.7 cm³/mol. The van der Waals surface area contributed by atoms with Gasteiger partial charge in [0.15, 0.2) is 0 Å². The first kappa shape index (κ1) is 11.7. The molecule has 1 amide bonds. The summed E-state index contributed by atoms with van der Waals surface area (Å²) in [6.07, 6.45) is 0.881. The molecule has 0 aromatic carbocycles. The maximum atomic E-state index is 11.7. The van der Waals surface area contributed by atoms with Crippen LogP contribution in [0, 0.1) is 0 Å². The zero-order valence-corrected chi connectivity index (χ0v) is 9.38. The smallest absolute Gasteiger partial charge is 0.414 e. The number of carbonyl (C=O) groups excluding carboxylic acids is 3. The van der Waals surface area contributed by atoms with Crippen LogP contribution in [0.5, 0.6) is 0 Å². The zero-order valence-electron chi connectivity index (χ0n) is 9.38. The Morgan fingerprint density at radius 1 is 1.35 bits per heavy atom. The van der Waals surface area contributed by atoms with Gasteiger partial charge < -0.3 is 14.2 Å². The summed E-state index contributed by atoms with van der Waals surface area (Å²) in [5.41, 5.74) is 0. The number of cyclic esters (lactones) is 2. The number of ether oxygens (including phenoxy) is 3. The first-order valence-corrected chi connectivity index (χ1v) is 5.34. The fourth-order valence-electron chi connectivity index (χ4n) is 2.16. The number of esters is 2. The van der Waals surface area contributed by atoms with Crippen LogP contribution in [0.3, 0.4) is 0 Å². The molecule has 0 aromatic rings. The lowest BCUT2D eigenvalue weighted by Gasteiger charge is -2.35. The Morgan fingerprint density at radius 2 is 2.12 bits per heavy atom. The van der Waals surface area contributed by atoms with E-state index in [0.717, 1.165) is 4.90 Å². The lowest BCUT2D eigenvalue weighted by Crippen LogP contribution is -2.55. The minimum absolute atomic E-state index is 0.404. The molecule has 0 aromatic heterocycles. The summed E-state index contributed by atoms with van der Waals surface area (Å²) in [4.78, 5) is 36.0. The first-order valence-electron chi connectivity index (χ1n) is 5.34. The van der Waals surface area contributed by atoms with E-state index in [0.29, 0.717) is 19.3 Å². The Bertz CT molecular complexity index is 355. The van der Waals surface area contributed by atoms with E-state index in [1.165, 1.54) is 7.11 Å². The van der Waals surface area contributed by atoms with Crippen molar-refractivity contribution in [2.24, 2.45) is 0 Å². The second-order valence-corrected chi connectivity index (χ2v) is 3.88. The van der Waals surface area contributed by atoms with Crippen molar-refractivity contribution < 1.29 is 28.6 Å². The number of nitrogens with zero attached hydrogens (tertiary/aromatic N) is 1. The normalized spacial score (nSPS) is 28.6. The van der Waals surface area contributed by atoms with Gasteiger partial charge in [-0.1, -0.05) is 0 Å². The number of piperidine rings is 1. The highest BCUT2D eigenvalue weighted by Crippen LogP contribution is 2.27. The van der Waals surface area contributed by atoms with Gasteiger partial charge in [0.2, 0.25) is 6.79 Å². The van der Waals surface area contributed by atoms with Gasteiger partial charge in [0.25, 0.3) is 0 Å². The Hall–Kier alpha value is -1.79. The molecular formula is C10H13NO6. The van der Waals surface area contributed by atoms with E-state index in [-0.39, 0.29) is 0 Å². The summed E-state index contributed by atoms with van der Waals surface area (Å²) >= 11 is 0. The molecule has 2 fully saturated rings. The standard InChI is InChI=1S/C10H13NO6/c1-15-8(12)6-3-2-4-7-9(13)16-5-17-10(14)11(6)7/h6-7H,2-5H2,1H3. The third-order valence-electron chi connectivity index (χ3n) is 2.97. The van der Waals surface area contributed by atoms with E-state index in [2.05, 4.69) is 4.74 Å². The molecule has 7 heteroatoms. The number of hydrogen-bond acceptors (Lipinski definition) is 6. The van der Waals surface area contributed by atoms with Crippen LogP contribution in [0.25, 0.3) is 0 Å². The molecule has 0 saturated carbocycles. The minimum atomic E-state index is -0.767. The van der Waals surface area contributed by atoms with E-state index in [9.17, 15) is 14.4 Å². The summed E-state index contributed by atoms with van der Waals surface area (Å²) in [5.74, 6) is -1.08. The van der Waals surface area contributed by atoms with Gasteiger partial charge in [-0.05, 0) is 19.3 Å². The Morgan fingerprint density at radius 3 is 2.82 bits per heavy atom. The molecule has 0 spiro atoms. The molecular weight excluding hydrogens is 230 g/mol. The molecule has 2 aliphatic rings. The summed E-state index contributed by atoms with van der Waals surface area (Å²) in [6.45, 7) is -0.404. The van der Waals surface area contributed by atoms with Crippen LogP contribution < -0.4 is 0 Å². The zero-order chi connectivity index (χ0) is 12.4. The maximum Gasteiger partial charge on any atom is 0.414 e. The van der Waals surface area contributed by atoms with Crippen molar-refractivity contribution in [1.82, 2.24) is 4.90 Å². The van der Waals surface area contributed by atoms with Gasteiger partial charge in [-0.15, -0.1) is 0 Å². The average Bonchev–Trinajstić information content (AvgIpc) is 2.49. The molecule has 2 unspecified atom stereocenters. The number of hydrogen-bond donors (Lipinski definition) is 0. The minimum Gasteiger partial charge on any atom is -0.467 e. The Labute approximate surface area is 97.6 Å². The van der Waals surface area contributed by atoms with E-state index < -0.39 is 36.9 Å². The molecule has 0 bridgehead atoms. The third kappa shape index (κ3) is 2.04. The highest BCUT2D eigenvalue weighted by atomic mass is 16.7. The monoisotopic (exact) mass is 243 g/mol. The quantitative estimate of drug-likeness (QED) is 0.604. The lowest BCUT2D eigenvalue weighted by atomic mass is 9.96. The topological polar surface area (TPSA) is 82.1 Å². The molecule has 7 nitrogen and oxygen atoms in total. The second kappa shape index (κ2) is 4.60. The first-order chi connectivity index (χ1) is 8.15. The number of amides is 1. The molecule has 94 valence electrons. The van der Waals surface area contributed by atoms with Crippen molar-refractivity contribution in [3.63, 3.8) is 0 Å². The Balaban J connectivity index is 2.27. The highest BCUT2D eigenvalue weighted by molar-refractivity contribution is 5.88. The van der Waals surface area contributed by atoms with Crippen molar-refractivity contribution in [1.29, 1.82) is 0 Å². The van der Waals surface area contributed by atoms with E-state index in [4.69, 9.17) is 9.47 Å². The molecule has 2 atom stereocenters. The number of fused-ring (bicyclic) bond motifs is 1. The number of carbonyl (C=O) groups is 3. The SMILES string of the molecule is COC(=O)C1CCCC2C(=O)OCOC(=O)N12. The molecule has 0 N–H and O–H groups in total. The van der Waals surface area contributed by atoms with Crippen molar-refractivity contribution >= 4 is 18.0 Å². The molecule has 2 aliphatic heterocycles. The summed E-state index contributed by atoms with van der Waals surface area (Å²) in [7, 11) is 1.24. The number of rotatable bonds is 1. The number of methoxy groups -OCH3 is 1. The summed E-state index contributed by atoms with van der Waals surface area (Å²) in [6, 6.07) is -1.51. The molecule has 2 heterocycles. The fourth-order valence-corrected chi connectivity index (χ4v) is 2.16. The Kier molecular flexibility index (Phi) is 3.16. The van der Waals surface area contributed by atoms with Crippen LogP contribution in [0.4, 0.5) is 4.79 Å². The van der Waals surface area contributed by atoms with Gasteiger partial charge in [0, 0.05) is 0 Å². The molecule has 17 heavy (non-hydrogen) atoms. The van der Waals surface area contributed by atoms with Crippen molar-refractivity contribution in [2.75, 3.05) is 13.9 Å². The molecule has 2 rings (SSSR count). The van der Waals surface area contributed by atoms with Gasteiger partial charge in [-0.3, -0.25) is 4.90 Å². The molecule has 0 aliphatic carbocycles. The van der Waals surface area contributed by atoms with Gasteiger partial charge in [0.1, 0.15) is 12.1 Å². The van der Waals surface area contributed by atoms with Gasteiger partial charge in [-0.2, -0.15) is 0 Å². The highest BCUT2D eigenvalue weighted by Gasteiger charge is 2.45. The maximum absolute atomic E-state index is 11.7. The lowest BCUT2D eigenvalue weighted by molar-refractivity contribution is -0.155. The predicted octanol–water partition coefficient (Wildman–Crippen LogP) is 0.0334. The van der Waals surface area contributed by atoms with Crippen LogP contribution >= 0.6 is 0 Å². The van der Waals surface area contributed by atoms with Gasteiger partial charge in [-0.25, -0.2) is 14.4 Å². The van der Waals surface area contributed by atoms with Gasteiger partial charge in [0.05, 0.1) is 7.11 Å². The van der Waals surface area contributed by atoms with Crippen LogP contribution in [0.2, 0.25) is 0 Å². The van der Waals surface area contributed by atoms with Crippen LogP contribution in [-0.2, 0) is 23.8 Å². The van der Waals surface area contributed by atoms with Crippen molar-refractivity contribution in [3.05, 3.63) is 0 Å². The van der Waals surface area contributed by atoms with Crippen molar-refractivity contribution in [2.45, 2.75) is 31.3 Å². The third-order valence-corrected chi connectivity index (χ3v) is 2.97. The molecule has 2 saturated heterocycles. The van der Waals surface area contributed by atoms with E-state index in [1.807, 2.05) is 0 Å². The van der Waals surface area contributed by atoms with Crippen LogP contribution in [0.1, 0.15) is 19.3 Å². The van der Waals surface area contributed by atoms with Crippen molar-refractivity contribution in [3.8, 4) is 0 Å². The second-order valence-electron chi connectivity index (χ2n) is 3.88. The summed E-state index contributed by atoms with van der Waals surface area (Å²) < 4.78 is 14.1. The van der Waals surface area contributed by atoms with Crippen LogP contribution in [0.15, 0.2) is 0 Å². The molecule has 0 radical (unpaired) electrons. The van der Waals surface area contributed by atoms with Gasteiger partial charge >= 0.3 is 18.0 Å². The largest absolute Gasteiger partial charge is 0.467 e. The van der Waals surface area contributed by atoms with E-state index >= 15 is 0 Å². The van der Waals surface area contributed by atoms with Crippen LogP contribution in [-0.4, -0.2) is 48.9 Å². The average molecular weight is 243 g/mol. The van der Waals surface area contributed by atoms with E-state index in [1.54, 1.807) is 0 Å². The fraction of sp³-hybridized carbons (Fsp3) is 0.700. The summed E-state index contributed by atoms with van der Waals surface area (Å²) in [5, 5.41) is 0.